The lowest BCUT2D eigenvalue weighted by Gasteiger charge is -2.21. The highest BCUT2D eigenvalue weighted by Gasteiger charge is 2.27. The Morgan fingerprint density at radius 2 is 2.43 bits per heavy atom. The van der Waals surface area contributed by atoms with Crippen LogP contribution in [-0.4, -0.2) is 25.8 Å². The first-order chi connectivity index (χ1) is 6.77. The van der Waals surface area contributed by atoms with Crippen molar-refractivity contribution in [2.75, 3.05) is 13.7 Å². The second kappa shape index (κ2) is 6.20. The number of rotatable bonds is 6. The lowest BCUT2D eigenvalue weighted by atomic mass is 9.93. The van der Waals surface area contributed by atoms with Gasteiger partial charge in [-0.3, -0.25) is 0 Å². The molecular weight excluding hydrogens is 174 g/mol. The largest absolute Gasteiger partial charge is 0.378 e. The molecule has 2 nitrogen and oxygen atoms in total. The lowest BCUT2D eigenvalue weighted by Crippen LogP contribution is -2.33. The summed E-state index contributed by atoms with van der Waals surface area (Å²) in [5, 5.41) is 3.41. The molecule has 0 spiro atoms. The molecule has 0 aliphatic carbocycles. The number of hydrogen-bond acceptors (Lipinski definition) is 2. The molecule has 82 valence electrons. The highest BCUT2D eigenvalue weighted by atomic mass is 16.5. The van der Waals surface area contributed by atoms with Gasteiger partial charge in [-0.2, -0.15) is 0 Å². The number of allylic oxidation sites excluding steroid dienone is 1. The minimum Gasteiger partial charge on any atom is -0.378 e. The highest BCUT2D eigenvalue weighted by Crippen LogP contribution is 2.24. The van der Waals surface area contributed by atoms with Gasteiger partial charge in [-0.25, -0.2) is 0 Å². The van der Waals surface area contributed by atoms with Crippen LogP contribution in [0, 0.1) is 5.92 Å². The fraction of sp³-hybridized carbons (Fsp3) is 0.833. The van der Waals surface area contributed by atoms with Gasteiger partial charge in [-0.1, -0.05) is 6.08 Å². The molecule has 0 amide bonds. The molecular formula is C12H23NO. The van der Waals surface area contributed by atoms with Crippen molar-refractivity contribution >= 4 is 0 Å². The molecule has 0 radical (unpaired) electrons. The zero-order valence-corrected chi connectivity index (χ0v) is 9.46. The molecule has 1 saturated heterocycles. The first kappa shape index (κ1) is 11.7. The minimum absolute atomic E-state index is 0.454. The fourth-order valence-electron chi connectivity index (χ4n) is 2.23. The molecule has 1 aliphatic rings. The third-order valence-corrected chi connectivity index (χ3v) is 3.09. The molecule has 1 aliphatic heterocycles. The van der Waals surface area contributed by atoms with Crippen LogP contribution < -0.4 is 5.32 Å². The summed E-state index contributed by atoms with van der Waals surface area (Å²) in [6.45, 7) is 6.84. The Bertz CT molecular complexity index is 170. The molecule has 1 heterocycles. The summed E-state index contributed by atoms with van der Waals surface area (Å²) in [6.07, 6.45) is 7.26. The summed E-state index contributed by atoms with van der Waals surface area (Å²) in [5.74, 6) is 0.708. The molecule has 0 saturated carbocycles. The van der Waals surface area contributed by atoms with Crippen molar-refractivity contribution in [3.8, 4) is 0 Å². The maximum atomic E-state index is 5.59. The van der Waals surface area contributed by atoms with E-state index in [0.29, 0.717) is 18.1 Å². The van der Waals surface area contributed by atoms with Gasteiger partial charge in [0.05, 0.1) is 12.7 Å². The van der Waals surface area contributed by atoms with Crippen LogP contribution >= 0.6 is 0 Å². The number of unbranched alkanes of at least 4 members (excludes halogenated alkanes) is 1. The predicted octanol–water partition coefficient (Wildman–Crippen LogP) is 2.36. The van der Waals surface area contributed by atoms with Crippen molar-refractivity contribution in [2.24, 2.45) is 5.92 Å². The first-order valence-electron chi connectivity index (χ1n) is 5.67. The first-order valence-corrected chi connectivity index (χ1v) is 5.67. The molecule has 0 bridgehead atoms. The smallest absolute Gasteiger partial charge is 0.0551 e. The zero-order chi connectivity index (χ0) is 10.4. The van der Waals surface area contributed by atoms with Crippen molar-refractivity contribution in [1.82, 2.24) is 5.32 Å². The van der Waals surface area contributed by atoms with E-state index in [9.17, 15) is 0 Å². The fourth-order valence-corrected chi connectivity index (χ4v) is 2.23. The van der Waals surface area contributed by atoms with Crippen LogP contribution in [0.1, 0.15) is 32.6 Å². The summed E-state index contributed by atoms with van der Waals surface area (Å²) >= 11 is 0. The Morgan fingerprint density at radius 1 is 1.64 bits per heavy atom. The molecule has 3 unspecified atom stereocenters. The second-order valence-corrected chi connectivity index (χ2v) is 4.25. The topological polar surface area (TPSA) is 21.3 Å². The van der Waals surface area contributed by atoms with Crippen LogP contribution in [0.15, 0.2) is 12.7 Å². The Kier molecular flexibility index (Phi) is 5.20. The van der Waals surface area contributed by atoms with Crippen molar-refractivity contribution in [3.63, 3.8) is 0 Å². The van der Waals surface area contributed by atoms with Crippen molar-refractivity contribution < 1.29 is 4.74 Å². The van der Waals surface area contributed by atoms with Crippen molar-refractivity contribution in [2.45, 2.75) is 44.8 Å². The van der Waals surface area contributed by atoms with Gasteiger partial charge in [0.25, 0.3) is 0 Å². The lowest BCUT2D eigenvalue weighted by molar-refractivity contribution is 0.116. The standard InChI is InChI=1S/C12H23NO/c1-4-5-6-7-12(13-3)11-8-10(2)14-9-11/h4,10-13H,1,5-9H2,2-3H3. The Morgan fingerprint density at radius 3 is 2.93 bits per heavy atom. The van der Waals surface area contributed by atoms with Gasteiger partial charge < -0.3 is 10.1 Å². The third-order valence-electron chi connectivity index (χ3n) is 3.09. The highest BCUT2D eigenvalue weighted by molar-refractivity contribution is 4.82. The van der Waals surface area contributed by atoms with Crippen LogP contribution in [0.2, 0.25) is 0 Å². The number of nitrogens with one attached hydrogen (secondary N) is 1. The van der Waals surface area contributed by atoms with E-state index in [1.54, 1.807) is 0 Å². The summed E-state index contributed by atoms with van der Waals surface area (Å²) in [7, 11) is 2.06. The van der Waals surface area contributed by atoms with Crippen molar-refractivity contribution in [3.05, 3.63) is 12.7 Å². The second-order valence-electron chi connectivity index (χ2n) is 4.25. The van der Waals surface area contributed by atoms with E-state index < -0.39 is 0 Å². The zero-order valence-electron chi connectivity index (χ0n) is 9.46. The molecule has 1 N–H and O–H groups in total. The van der Waals surface area contributed by atoms with Crippen molar-refractivity contribution in [1.29, 1.82) is 0 Å². The Balaban J connectivity index is 2.26. The van der Waals surface area contributed by atoms with E-state index in [-0.39, 0.29) is 0 Å². The van der Waals surface area contributed by atoms with E-state index in [4.69, 9.17) is 4.74 Å². The van der Waals surface area contributed by atoms with E-state index in [1.165, 1.54) is 19.3 Å². The van der Waals surface area contributed by atoms with E-state index >= 15 is 0 Å². The molecule has 2 heteroatoms. The average Bonchev–Trinajstić information content (AvgIpc) is 2.60. The molecule has 0 aromatic rings. The number of ether oxygens (including phenoxy) is 1. The predicted molar refractivity (Wildman–Crippen MR) is 60.4 cm³/mol. The maximum Gasteiger partial charge on any atom is 0.0551 e. The summed E-state index contributed by atoms with van der Waals surface area (Å²) < 4.78 is 5.59. The van der Waals surface area contributed by atoms with Crippen LogP contribution in [-0.2, 0) is 4.74 Å². The van der Waals surface area contributed by atoms with Crippen LogP contribution in [0.5, 0.6) is 0 Å². The minimum atomic E-state index is 0.454. The average molecular weight is 197 g/mol. The van der Waals surface area contributed by atoms with Gasteiger partial charge in [0.1, 0.15) is 0 Å². The SMILES string of the molecule is C=CCCCC(NC)C1COC(C)C1. The van der Waals surface area contributed by atoms with Gasteiger partial charge >= 0.3 is 0 Å². The third kappa shape index (κ3) is 3.43. The summed E-state index contributed by atoms with van der Waals surface area (Å²) in [4.78, 5) is 0. The maximum absolute atomic E-state index is 5.59. The van der Waals surface area contributed by atoms with Gasteiger partial charge in [-0.15, -0.1) is 6.58 Å². The molecule has 1 fully saturated rings. The monoisotopic (exact) mass is 197 g/mol. The van der Waals surface area contributed by atoms with E-state index in [0.717, 1.165) is 13.0 Å². The summed E-state index contributed by atoms with van der Waals surface area (Å²) in [6, 6.07) is 0.625. The van der Waals surface area contributed by atoms with Gasteiger partial charge in [0.2, 0.25) is 0 Å². The van der Waals surface area contributed by atoms with Crippen LogP contribution in [0.3, 0.4) is 0 Å². The molecule has 0 aromatic heterocycles. The van der Waals surface area contributed by atoms with Gasteiger partial charge in [0, 0.05) is 12.0 Å². The molecule has 1 rings (SSSR count). The Hall–Kier alpha value is -0.340. The summed E-state index contributed by atoms with van der Waals surface area (Å²) in [5.41, 5.74) is 0. The Labute approximate surface area is 87.7 Å². The van der Waals surface area contributed by atoms with E-state index in [1.807, 2.05) is 6.08 Å². The normalized spacial score (nSPS) is 29.0. The molecule has 14 heavy (non-hydrogen) atoms. The van der Waals surface area contributed by atoms with Crippen LogP contribution in [0.25, 0.3) is 0 Å². The van der Waals surface area contributed by atoms with Gasteiger partial charge in [0.15, 0.2) is 0 Å². The van der Waals surface area contributed by atoms with Crippen LogP contribution in [0.4, 0.5) is 0 Å². The van der Waals surface area contributed by atoms with E-state index in [2.05, 4.69) is 25.9 Å². The quantitative estimate of drug-likeness (QED) is 0.521. The molecule has 0 aromatic carbocycles. The molecule has 3 atom stereocenters. The number of hydrogen-bond donors (Lipinski definition) is 1. The van der Waals surface area contributed by atoms with Gasteiger partial charge in [-0.05, 0) is 39.7 Å².